The maximum absolute atomic E-state index is 9.00. The number of aromatic nitrogens is 1. The van der Waals surface area contributed by atoms with Gasteiger partial charge in [0.15, 0.2) is 0 Å². The summed E-state index contributed by atoms with van der Waals surface area (Å²) >= 11 is 0. The lowest BCUT2D eigenvalue weighted by Gasteiger charge is -1.95. The van der Waals surface area contributed by atoms with Crippen LogP contribution in [0.25, 0.3) is 0 Å². The number of amidine groups is 1. The van der Waals surface area contributed by atoms with E-state index in [-0.39, 0.29) is 6.02 Å². The van der Waals surface area contributed by atoms with Gasteiger partial charge in [-0.05, 0) is 17.7 Å². The summed E-state index contributed by atoms with van der Waals surface area (Å²) < 4.78 is 0. The van der Waals surface area contributed by atoms with Crippen LogP contribution in [-0.4, -0.2) is 23.2 Å². The molecule has 0 unspecified atom stereocenters. The molecule has 0 aliphatic carbocycles. The summed E-state index contributed by atoms with van der Waals surface area (Å²) in [5, 5.41) is 11.8. The molecule has 3 N–H and O–H groups in total. The van der Waals surface area contributed by atoms with Gasteiger partial charge in [0.25, 0.3) is 0 Å². The number of nitrogens with zero attached hydrogens (tertiary/aromatic N) is 1. The predicted octanol–water partition coefficient (Wildman–Crippen LogP) is -1.20. The molecule has 0 fully saturated rings. The molecule has 0 saturated heterocycles. The standard InChI is InChI=1S/C8H11N3O/c1-9-8(12)11-6-7-2-4-10-5-3-7/h2-5H,6H2,1H3,(H2,9,11,12)/p+1. The van der Waals surface area contributed by atoms with Crippen molar-refractivity contribution < 1.29 is 10.1 Å². The molecule has 64 valence electrons. The second-order valence-corrected chi connectivity index (χ2v) is 2.31. The summed E-state index contributed by atoms with van der Waals surface area (Å²) in [6.07, 6.45) is 3.43. The second-order valence-electron chi connectivity index (χ2n) is 2.31. The molecular weight excluding hydrogens is 154 g/mol. The number of pyridine rings is 1. The third-order valence-corrected chi connectivity index (χ3v) is 1.45. The minimum atomic E-state index is 0.0758. The Morgan fingerprint density at radius 2 is 2.25 bits per heavy atom. The van der Waals surface area contributed by atoms with Gasteiger partial charge in [-0.2, -0.15) is 0 Å². The van der Waals surface area contributed by atoms with Crippen LogP contribution in [0.4, 0.5) is 0 Å². The van der Waals surface area contributed by atoms with E-state index in [1.54, 1.807) is 19.4 Å². The van der Waals surface area contributed by atoms with E-state index in [0.717, 1.165) is 5.56 Å². The Morgan fingerprint density at radius 3 is 2.83 bits per heavy atom. The average molecular weight is 166 g/mol. The van der Waals surface area contributed by atoms with Gasteiger partial charge in [0, 0.05) is 12.4 Å². The minimum absolute atomic E-state index is 0.0758. The summed E-state index contributed by atoms with van der Waals surface area (Å²) in [6.45, 7) is 0.592. The van der Waals surface area contributed by atoms with E-state index in [2.05, 4.69) is 15.3 Å². The summed E-state index contributed by atoms with van der Waals surface area (Å²) in [4.78, 5) is 6.46. The lowest BCUT2D eigenvalue weighted by Crippen LogP contribution is -2.71. The molecule has 4 heteroatoms. The number of nitrogens with one attached hydrogen (secondary N) is 2. The average Bonchev–Trinajstić information content (AvgIpc) is 2.16. The van der Waals surface area contributed by atoms with Gasteiger partial charge in [-0.15, -0.1) is 0 Å². The van der Waals surface area contributed by atoms with Crippen LogP contribution in [-0.2, 0) is 6.54 Å². The van der Waals surface area contributed by atoms with Crippen molar-refractivity contribution in [1.82, 2.24) is 10.3 Å². The topological polar surface area (TPSA) is 59.1 Å². The first-order chi connectivity index (χ1) is 5.83. The Morgan fingerprint density at radius 1 is 1.58 bits per heavy atom. The van der Waals surface area contributed by atoms with E-state index in [1.165, 1.54) is 0 Å². The fourth-order valence-electron chi connectivity index (χ4n) is 0.775. The van der Waals surface area contributed by atoms with Crippen molar-refractivity contribution in [1.29, 1.82) is 0 Å². The third kappa shape index (κ3) is 2.57. The van der Waals surface area contributed by atoms with E-state index in [4.69, 9.17) is 5.11 Å². The molecule has 1 rings (SSSR count). The molecule has 1 aromatic rings. The van der Waals surface area contributed by atoms with Crippen molar-refractivity contribution in [3.8, 4) is 0 Å². The van der Waals surface area contributed by atoms with Crippen LogP contribution >= 0.6 is 0 Å². The van der Waals surface area contributed by atoms with Crippen molar-refractivity contribution >= 4 is 6.02 Å². The highest BCUT2D eigenvalue weighted by Crippen LogP contribution is 1.93. The zero-order chi connectivity index (χ0) is 8.81. The highest BCUT2D eigenvalue weighted by Gasteiger charge is 1.99. The van der Waals surface area contributed by atoms with Gasteiger partial charge in [0.1, 0.15) is 6.54 Å². The summed E-state index contributed by atoms with van der Waals surface area (Å²) in [7, 11) is 1.65. The summed E-state index contributed by atoms with van der Waals surface area (Å²) in [6, 6.07) is 3.85. The molecule has 12 heavy (non-hydrogen) atoms. The van der Waals surface area contributed by atoms with E-state index in [0.29, 0.717) is 6.54 Å². The Labute approximate surface area is 71.0 Å². The molecule has 0 bridgehead atoms. The minimum Gasteiger partial charge on any atom is -0.447 e. The fraction of sp³-hybridized carbons (Fsp3) is 0.250. The third-order valence-electron chi connectivity index (χ3n) is 1.45. The van der Waals surface area contributed by atoms with E-state index < -0.39 is 0 Å². The van der Waals surface area contributed by atoms with Crippen LogP contribution in [0.3, 0.4) is 0 Å². The number of hydrogen-bond acceptors (Lipinski definition) is 1. The smallest absolute Gasteiger partial charge is 0.439 e. The molecule has 4 nitrogen and oxygen atoms in total. The maximum atomic E-state index is 9.00. The number of aliphatic hydroxyl groups excluding tert-OH is 1. The normalized spacial score (nSPS) is 11.2. The zero-order valence-corrected chi connectivity index (χ0v) is 6.91. The monoisotopic (exact) mass is 166 g/mol. The van der Waals surface area contributed by atoms with Crippen LogP contribution in [0, 0.1) is 0 Å². The predicted molar refractivity (Wildman–Crippen MR) is 45.6 cm³/mol. The molecule has 0 amide bonds. The van der Waals surface area contributed by atoms with Crippen molar-refractivity contribution in [2.24, 2.45) is 0 Å². The number of hydrogen-bond donors (Lipinski definition) is 3. The van der Waals surface area contributed by atoms with Gasteiger partial charge < -0.3 is 5.11 Å². The highest BCUT2D eigenvalue weighted by atomic mass is 16.3. The molecule has 1 aromatic heterocycles. The maximum Gasteiger partial charge on any atom is 0.439 e. The van der Waals surface area contributed by atoms with Crippen LogP contribution in [0.2, 0.25) is 0 Å². The van der Waals surface area contributed by atoms with E-state index in [1.807, 2.05) is 12.1 Å². The first-order valence-corrected chi connectivity index (χ1v) is 3.69. The van der Waals surface area contributed by atoms with Gasteiger partial charge in [0.05, 0.1) is 7.05 Å². The van der Waals surface area contributed by atoms with E-state index in [9.17, 15) is 0 Å². The lowest BCUT2D eigenvalue weighted by molar-refractivity contribution is -0.433. The molecule has 0 aromatic carbocycles. The van der Waals surface area contributed by atoms with E-state index >= 15 is 0 Å². The van der Waals surface area contributed by atoms with Crippen LogP contribution in [0.1, 0.15) is 5.56 Å². The first-order valence-electron chi connectivity index (χ1n) is 3.69. The lowest BCUT2D eigenvalue weighted by atomic mass is 10.3. The van der Waals surface area contributed by atoms with Crippen LogP contribution in [0.5, 0.6) is 0 Å². The van der Waals surface area contributed by atoms with Crippen molar-refractivity contribution in [2.45, 2.75) is 6.54 Å². The Balaban J connectivity index is 2.44. The molecule has 0 atom stereocenters. The molecule has 0 spiro atoms. The molecule has 0 saturated carbocycles. The largest absolute Gasteiger partial charge is 0.447 e. The first kappa shape index (κ1) is 8.52. The van der Waals surface area contributed by atoms with Gasteiger partial charge in [0.2, 0.25) is 0 Å². The van der Waals surface area contributed by atoms with Crippen LogP contribution in [0.15, 0.2) is 24.5 Å². The van der Waals surface area contributed by atoms with Gasteiger partial charge in [-0.25, -0.2) is 10.3 Å². The Kier molecular flexibility index (Phi) is 3.07. The SMILES string of the molecule is C[NH+]=C(O)NCc1ccncc1. The quantitative estimate of drug-likeness (QED) is 0.382. The van der Waals surface area contributed by atoms with Gasteiger partial charge in [-0.1, -0.05) is 0 Å². The highest BCUT2D eigenvalue weighted by molar-refractivity contribution is 5.64. The summed E-state index contributed by atoms with van der Waals surface area (Å²) in [5.41, 5.74) is 1.08. The zero-order valence-electron chi connectivity index (χ0n) is 6.91. The van der Waals surface area contributed by atoms with Crippen molar-refractivity contribution in [3.05, 3.63) is 30.1 Å². The Hall–Kier alpha value is -1.58. The van der Waals surface area contributed by atoms with Gasteiger partial charge >= 0.3 is 6.02 Å². The van der Waals surface area contributed by atoms with Crippen LogP contribution < -0.4 is 10.3 Å². The van der Waals surface area contributed by atoms with Crippen molar-refractivity contribution in [3.63, 3.8) is 0 Å². The number of rotatable bonds is 2. The summed E-state index contributed by atoms with van der Waals surface area (Å²) in [5.74, 6) is 0. The molecule has 0 aliphatic heterocycles. The van der Waals surface area contributed by atoms with Gasteiger partial charge in [-0.3, -0.25) is 4.98 Å². The molecule has 1 heterocycles. The fourth-order valence-corrected chi connectivity index (χ4v) is 0.775. The second kappa shape index (κ2) is 4.33. The number of aliphatic hydroxyl groups is 1. The molecule has 0 radical (unpaired) electrons. The molecular formula is C8H12N3O+. The van der Waals surface area contributed by atoms with Crippen molar-refractivity contribution in [2.75, 3.05) is 7.05 Å². The Bertz CT molecular complexity index is 258. The molecule has 0 aliphatic rings.